The summed E-state index contributed by atoms with van der Waals surface area (Å²) in [5.74, 6) is 0. The van der Waals surface area contributed by atoms with Gasteiger partial charge in [-0.3, -0.25) is 4.99 Å². The highest BCUT2D eigenvalue weighted by Crippen LogP contribution is 2.15. The molecule has 0 atom stereocenters. The Morgan fingerprint density at radius 1 is 1.38 bits per heavy atom. The lowest BCUT2D eigenvalue weighted by atomic mass is 10.2. The molecule has 0 radical (unpaired) electrons. The van der Waals surface area contributed by atoms with Crippen LogP contribution < -0.4 is 4.80 Å². The van der Waals surface area contributed by atoms with Crippen LogP contribution in [-0.2, 0) is 0 Å². The van der Waals surface area contributed by atoms with E-state index in [4.69, 9.17) is 0 Å². The van der Waals surface area contributed by atoms with Crippen molar-refractivity contribution in [3.8, 4) is 0 Å². The molecule has 1 N–H and O–H groups in total. The molecular weight excluding hydrogens is 280 g/mol. The highest BCUT2D eigenvalue weighted by molar-refractivity contribution is 7.07. The number of nitrogens with zero attached hydrogens (tertiary/aromatic N) is 3. The average Bonchev–Trinajstić information content (AvgIpc) is 3.07. The Labute approximate surface area is 126 Å². The minimum Gasteiger partial charge on any atom is -0.361 e. The Morgan fingerprint density at radius 2 is 2.24 bits per heavy atom. The summed E-state index contributed by atoms with van der Waals surface area (Å²) in [5.41, 5.74) is 3.25. The van der Waals surface area contributed by atoms with Gasteiger partial charge in [-0.1, -0.05) is 24.3 Å². The van der Waals surface area contributed by atoms with Gasteiger partial charge in [0.25, 0.3) is 0 Å². The minimum absolute atomic E-state index is 0.600. The van der Waals surface area contributed by atoms with Gasteiger partial charge in [-0.05, 0) is 13.0 Å². The van der Waals surface area contributed by atoms with Crippen LogP contribution in [0.15, 0.2) is 58.6 Å². The zero-order valence-electron chi connectivity index (χ0n) is 11.8. The summed E-state index contributed by atoms with van der Waals surface area (Å²) >= 11 is 1.58. The summed E-state index contributed by atoms with van der Waals surface area (Å²) in [6.45, 7) is 6.32. The van der Waals surface area contributed by atoms with Gasteiger partial charge >= 0.3 is 0 Å². The number of hydrogen-bond donors (Lipinski definition) is 1. The maximum atomic E-state index is 4.57. The molecule has 21 heavy (non-hydrogen) atoms. The Kier molecular flexibility index (Phi) is 3.83. The second-order valence-corrected chi connectivity index (χ2v) is 5.47. The zero-order chi connectivity index (χ0) is 14.7. The molecule has 5 heteroatoms. The maximum Gasteiger partial charge on any atom is 0.206 e. The third-order valence-corrected chi connectivity index (χ3v) is 4.11. The number of thiazole rings is 1. The van der Waals surface area contributed by atoms with Crippen LogP contribution in [0.1, 0.15) is 11.3 Å². The van der Waals surface area contributed by atoms with Crippen LogP contribution in [0.3, 0.4) is 0 Å². The Bertz CT molecular complexity index is 864. The van der Waals surface area contributed by atoms with Gasteiger partial charge in [0, 0.05) is 28.0 Å². The molecular formula is C16H16N4S. The SMILES string of the molecule is C=CCN=c1scc(C)n1N=Cc1c[nH]c2ccccc12. The van der Waals surface area contributed by atoms with Crippen LogP contribution >= 0.6 is 11.3 Å². The van der Waals surface area contributed by atoms with Crippen molar-refractivity contribution in [2.24, 2.45) is 10.1 Å². The number of aromatic amines is 1. The van der Waals surface area contributed by atoms with Crippen molar-refractivity contribution in [1.29, 1.82) is 0 Å². The van der Waals surface area contributed by atoms with Crippen LogP contribution in [0.25, 0.3) is 10.9 Å². The molecule has 1 aromatic carbocycles. The largest absolute Gasteiger partial charge is 0.361 e. The number of fused-ring (bicyclic) bond motifs is 1. The predicted molar refractivity (Wildman–Crippen MR) is 89.0 cm³/mol. The fourth-order valence-corrected chi connectivity index (χ4v) is 2.91. The van der Waals surface area contributed by atoms with Crippen LogP contribution in [0.2, 0.25) is 0 Å². The quantitative estimate of drug-likeness (QED) is 0.567. The number of aryl methyl sites for hydroxylation is 1. The molecule has 2 heterocycles. The zero-order valence-corrected chi connectivity index (χ0v) is 12.6. The van der Waals surface area contributed by atoms with Gasteiger partial charge in [0.05, 0.1) is 18.5 Å². The van der Waals surface area contributed by atoms with Crippen molar-refractivity contribution in [1.82, 2.24) is 9.66 Å². The van der Waals surface area contributed by atoms with Crippen molar-refractivity contribution in [3.63, 3.8) is 0 Å². The van der Waals surface area contributed by atoms with E-state index in [9.17, 15) is 0 Å². The van der Waals surface area contributed by atoms with Crippen molar-refractivity contribution in [2.45, 2.75) is 6.92 Å². The molecule has 0 aliphatic carbocycles. The molecule has 106 valence electrons. The fourth-order valence-electron chi connectivity index (χ4n) is 2.10. The molecule has 3 aromatic rings. The number of nitrogens with one attached hydrogen (secondary N) is 1. The first-order chi connectivity index (χ1) is 10.3. The normalized spacial score (nSPS) is 12.5. The minimum atomic E-state index is 0.600. The monoisotopic (exact) mass is 296 g/mol. The van der Waals surface area contributed by atoms with Gasteiger partial charge in [0.15, 0.2) is 0 Å². The van der Waals surface area contributed by atoms with Crippen molar-refractivity contribution in [3.05, 3.63) is 64.6 Å². The number of hydrogen-bond acceptors (Lipinski definition) is 3. The van der Waals surface area contributed by atoms with Crippen molar-refractivity contribution in [2.75, 3.05) is 6.54 Å². The van der Waals surface area contributed by atoms with E-state index in [1.807, 2.05) is 36.1 Å². The summed E-state index contributed by atoms with van der Waals surface area (Å²) in [4.78, 5) is 8.58. The Hall–Kier alpha value is -2.40. The molecule has 4 nitrogen and oxygen atoms in total. The molecule has 0 saturated carbocycles. The van der Waals surface area contributed by atoms with E-state index in [-0.39, 0.29) is 0 Å². The second kappa shape index (κ2) is 5.93. The van der Waals surface area contributed by atoms with E-state index in [1.165, 1.54) is 5.39 Å². The summed E-state index contributed by atoms with van der Waals surface area (Å²) in [6.07, 6.45) is 5.62. The first kappa shape index (κ1) is 13.6. The van der Waals surface area contributed by atoms with Crippen molar-refractivity contribution >= 4 is 28.5 Å². The summed E-state index contributed by atoms with van der Waals surface area (Å²) in [6, 6.07) is 8.19. The molecule has 0 aliphatic rings. The van der Waals surface area contributed by atoms with Gasteiger partial charge in [-0.25, -0.2) is 4.68 Å². The highest BCUT2D eigenvalue weighted by atomic mass is 32.1. The molecule has 0 unspecified atom stereocenters. The highest BCUT2D eigenvalue weighted by Gasteiger charge is 2.01. The van der Waals surface area contributed by atoms with E-state index < -0.39 is 0 Å². The van der Waals surface area contributed by atoms with Gasteiger partial charge in [-0.15, -0.1) is 17.9 Å². The topological polar surface area (TPSA) is 45.4 Å². The molecule has 0 aliphatic heterocycles. The standard InChI is InChI=1S/C16H16N4S/c1-3-8-17-16-20(12(2)11-21-16)19-10-13-9-18-15-7-5-4-6-14(13)15/h3-7,9-11,18H,1,8H2,2H3. The molecule has 0 bridgehead atoms. The second-order valence-electron chi connectivity index (χ2n) is 4.63. The average molecular weight is 296 g/mol. The van der Waals surface area contributed by atoms with Gasteiger partial charge in [0.1, 0.15) is 0 Å². The number of aromatic nitrogens is 2. The van der Waals surface area contributed by atoms with Crippen LogP contribution in [0, 0.1) is 6.92 Å². The molecule has 3 rings (SSSR count). The maximum absolute atomic E-state index is 4.57. The summed E-state index contributed by atoms with van der Waals surface area (Å²) in [5, 5.41) is 7.78. The number of H-pyrrole nitrogens is 1. The lowest BCUT2D eigenvalue weighted by Gasteiger charge is -1.97. The third-order valence-electron chi connectivity index (χ3n) is 3.14. The first-order valence-electron chi connectivity index (χ1n) is 6.68. The van der Waals surface area contributed by atoms with Crippen molar-refractivity contribution < 1.29 is 0 Å². The van der Waals surface area contributed by atoms with Gasteiger partial charge < -0.3 is 4.98 Å². The van der Waals surface area contributed by atoms with E-state index in [0.29, 0.717) is 6.54 Å². The lowest BCUT2D eigenvalue weighted by molar-refractivity contribution is 0.799. The van der Waals surface area contributed by atoms with E-state index >= 15 is 0 Å². The number of rotatable bonds is 4. The van der Waals surface area contributed by atoms with Crippen LogP contribution in [0.4, 0.5) is 0 Å². The fraction of sp³-hybridized carbons (Fsp3) is 0.125. The smallest absolute Gasteiger partial charge is 0.206 e. The summed E-state index contributed by atoms with van der Waals surface area (Å²) in [7, 11) is 0. The van der Waals surface area contributed by atoms with E-state index in [0.717, 1.165) is 21.6 Å². The summed E-state index contributed by atoms with van der Waals surface area (Å²) < 4.78 is 1.86. The first-order valence-corrected chi connectivity index (χ1v) is 7.56. The van der Waals surface area contributed by atoms with Crippen LogP contribution in [-0.4, -0.2) is 22.4 Å². The van der Waals surface area contributed by atoms with E-state index in [1.54, 1.807) is 17.4 Å². The molecule has 2 aromatic heterocycles. The Balaban J connectivity index is 2.00. The predicted octanol–water partition coefficient (Wildman–Crippen LogP) is 3.31. The van der Waals surface area contributed by atoms with Gasteiger partial charge in [0.2, 0.25) is 4.80 Å². The third kappa shape index (κ3) is 2.73. The molecule has 0 saturated heterocycles. The van der Waals surface area contributed by atoms with Crippen LogP contribution in [0.5, 0.6) is 0 Å². The number of benzene rings is 1. The molecule has 0 amide bonds. The van der Waals surface area contributed by atoms with Gasteiger partial charge in [-0.2, -0.15) is 5.10 Å². The number of para-hydroxylation sites is 1. The molecule has 0 fully saturated rings. The van der Waals surface area contributed by atoms with E-state index in [2.05, 4.69) is 39.2 Å². The lowest BCUT2D eigenvalue weighted by Crippen LogP contribution is -2.12. The Morgan fingerprint density at radius 3 is 3.10 bits per heavy atom. The molecule has 0 spiro atoms.